The number of benzene rings is 2. The summed E-state index contributed by atoms with van der Waals surface area (Å²) in [5, 5.41) is 0. The quantitative estimate of drug-likeness (QED) is 0.741. The number of hydrogen-bond acceptors (Lipinski definition) is 2. The van der Waals surface area contributed by atoms with Gasteiger partial charge in [-0.1, -0.05) is 48.0 Å². The molecule has 0 amide bonds. The lowest BCUT2D eigenvalue weighted by atomic mass is 9.93. The zero-order chi connectivity index (χ0) is 16.5. The molecule has 124 valence electrons. The Labute approximate surface area is 149 Å². The molecule has 2 atom stereocenters. The van der Waals surface area contributed by atoms with Crippen molar-refractivity contribution in [3.63, 3.8) is 0 Å². The van der Waals surface area contributed by atoms with Crippen LogP contribution in [-0.4, -0.2) is 24.6 Å². The van der Waals surface area contributed by atoms with Crippen molar-refractivity contribution in [3.05, 3.63) is 70.8 Å². The van der Waals surface area contributed by atoms with Gasteiger partial charge in [-0.25, -0.2) is 0 Å². The summed E-state index contributed by atoms with van der Waals surface area (Å²) in [5.41, 5.74) is 7.17. The monoisotopic (exact) mass is 335 g/mol. The van der Waals surface area contributed by atoms with E-state index in [1.165, 1.54) is 40.3 Å². The van der Waals surface area contributed by atoms with Crippen molar-refractivity contribution in [1.82, 2.24) is 0 Å². The van der Waals surface area contributed by atoms with Gasteiger partial charge in [-0.3, -0.25) is 0 Å². The summed E-state index contributed by atoms with van der Waals surface area (Å²) in [4.78, 5) is 2.52. The first kappa shape index (κ1) is 15.8. The minimum absolute atomic E-state index is 0.714. The van der Waals surface area contributed by atoms with E-state index in [2.05, 4.69) is 85.2 Å². The van der Waals surface area contributed by atoms with E-state index in [1.807, 2.05) is 0 Å². The molecule has 2 aliphatic heterocycles. The maximum Gasteiger partial charge on any atom is 0.0403 e. The van der Waals surface area contributed by atoms with Crippen LogP contribution < -0.4 is 4.90 Å². The van der Waals surface area contributed by atoms with Crippen molar-refractivity contribution < 1.29 is 0 Å². The molecule has 0 N–H and O–H groups in total. The molecule has 0 bridgehead atoms. The van der Waals surface area contributed by atoms with Gasteiger partial charge in [0.15, 0.2) is 0 Å². The van der Waals surface area contributed by atoms with E-state index in [4.69, 9.17) is 0 Å². The van der Waals surface area contributed by atoms with Crippen molar-refractivity contribution in [2.75, 3.05) is 23.5 Å². The summed E-state index contributed by atoms with van der Waals surface area (Å²) in [6, 6.07) is 18.5. The summed E-state index contributed by atoms with van der Waals surface area (Å²) in [7, 11) is 2.27. The van der Waals surface area contributed by atoms with Gasteiger partial charge in [0.1, 0.15) is 0 Å². The van der Waals surface area contributed by atoms with E-state index in [-0.39, 0.29) is 0 Å². The maximum absolute atomic E-state index is 2.52. The Morgan fingerprint density at radius 3 is 2.88 bits per heavy atom. The smallest absolute Gasteiger partial charge is 0.0403 e. The summed E-state index contributed by atoms with van der Waals surface area (Å²) in [6.07, 6.45) is 4.70. The molecule has 0 aromatic heterocycles. The van der Waals surface area contributed by atoms with Crippen molar-refractivity contribution in [3.8, 4) is 0 Å². The van der Waals surface area contributed by atoms with Crippen LogP contribution in [0.4, 0.5) is 5.69 Å². The highest BCUT2D eigenvalue weighted by Gasteiger charge is 2.38. The number of nitrogens with zero attached hydrogens (tertiary/aromatic N) is 1. The summed E-state index contributed by atoms with van der Waals surface area (Å²) in [6.45, 7) is 2.24. The topological polar surface area (TPSA) is 3.24 Å². The second-order valence-electron chi connectivity index (χ2n) is 7.12. The molecule has 2 heterocycles. The number of anilines is 1. The first-order valence-corrected chi connectivity index (χ1v) is 10.0. The third-order valence-corrected chi connectivity index (χ3v) is 6.51. The SMILES string of the molecule is CC(=Cc1ccc2c(c1)C1CSCCC1N2C)Cc1ccccc1. The lowest BCUT2D eigenvalue weighted by molar-refractivity contribution is 0.558. The molecule has 0 aliphatic carbocycles. The number of rotatable bonds is 3. The molecule has 2 unspecified atom stereocenters. The number of likely N-dealkylation sites (N-methyl/N-ethyl adjacent to an activating group) is 1. The molecule has 0 radical (unpaired) electrons. The van der Waals surface area contributed by atoms with Gasteiger partial charge in [0.25, 0.3) is 0 Å². The largest absolute Gasteiger partial charge is 0.371 e. The van der Waals surface area contributed by atoms with Crippen LogP contribution in [0.15, 0.2) is 54.1 Å². The maximum atomic E-state index is 2.52. The lowest BCUT2D eigenvalue weighted by Crippen LogP contribution is -2.34. The summed E-state index contributed by atoms with van der Waals surface area (Å²) >= 11 is 2.12. The summed E-state index contributed by atoms with van der Waals surface area (Å²) < 4.78 is 0. The lowest BCUT2D eigenvalue weighted by Gasteiger charge is -2.30. The van der Waals surface area contributed by atoms with Gasteiger partial charge >= 0.3 is 0 Å². The molecular formula is C22H25NS. The van der Waals surface area contributed by atoms with Gasteiger partial charge in [-0.15, -0.1) is 0 Å². The third kappa shape index (κ3) is 3.00. The Kier molecular flexibility index (Phi) is 4.41. The predicted molar refractivity (Wildman–Crippen MR) is 107 cm³/mol. The second-order valence-corrected chi connectivity index (χ2v) is 8.27. The van der Waals surface area contributed by atoms with E-state index < -0.39 is 0 Å². The molecule has 2 aliphatic rings. The second kappa shape index (κ2) is 6.68. The fourth-order valence-corrected chi connectivity index (χ4v) is 5.43. The van der Waals surface area contributed by atoms with E-state index in [1.54, 1.807) is 5.56 Å². The normalized spacial score (nSPS) is 23.1. The van der Waals surface area contributed by atoms with Crippen LogP contribution >= 0.6 is 11.8 Å². The van der Waals surface area contributed by atoms with Gasteiger partial charge in [0, 0.05) is 30.4 Å². The van der Waals surface area contributed by atoms with Gasteiger partial charge in [-0.05, 0) is 54.3 Å². The van der Waals surface area contributed by atoms with Crippen LogP contribution in [0.5, 0.6) is 0 Å². The third-order valence-electron chi connectivity index (χ3n) is 5.39. The van der Waals surface area contributed by atoms with Crippen LogP contribution in [0.2, 0.25) is 0 Å². The Hall–Kier alpha value is -1.67. The molecule has 1 saturated heterocycles. The van der Waals surface area contributed by atoms with Crippen molar-refractivity contribution in [1.29, 1.82) is 0 Å². The highest BCUT2D eigenvalue weighted by Crippen LogP contribution is 2.46. The fraction of sp³-hybridized carbons (Fsp3) is 0.364. The minimum Gasteiger partial charge on any atom is -0.371 e. The molecule has 24 heavy (non-hydrogen) atoms. The van der Waals surface area contributed by atoms with Gasteiger partial charge in [-0.2, -0.15) is 11.8 Å². The standard InChI is InChI=1S/C22H25NS/c1-16(12-17-6-4-3-5-7-17)13-18-8-9-21-19(14-18)20-15-24-11-10-22(20)23(21)2/h3-9,13-14,20,22H,10-12,15H2,1-2H3. The molecule has 2 aromatic carbocycles. The fourth-order valence-electron chi connectivity index (χ4n) is 4.20. The Balaban J connectivity index is 1.59. The van der Waals surface area contributed by atoms with Gasteiger partial charge in [0.2, 0.25) is 0 Å². The Bertz CT molecular complexity index is 750. The molecule has 2 heteroatoms. The molecule has 0 spiro atoms. The number of thioether (sulfide) groups is 1. The molecule has 4 rings (SSSR count). The first-order valence-electron chi connectivity index (χ1n) is 8.88. The zero-order valence-corrected chi connectivity index (χ0v) is 15.4. The molecular weight excluding hydrogens is 310 g/mol. The molecule has 0 saturated carbocycles. The van der Waals surface area contributed by atoms with E-state index in [0.717, 1.165) is 6.42 Å². The van der Waals surface area contributed by atoms with E-state index >= 15 is 0 Å². The minimum atomic E-state index is 0.714. The van der Waals surface area contributed by atoms with Crippen molar-refractivity contribution in [2.45, 2.75) is 31.7 Å². The number of fused-ring (bicyclic) bond motifs is 3. The first-order chi connectivity index (χ1) is 11.7. The van der Waals surface area contributed by atoms with Crippen LogP contribution in [0.1, 0.15) is 36.0 Å². The Morgan fingerprint density at radius 1 is 1.21 bits per heavy atom. The van der Waals surface area contributed by atoms with Crippen LogP contribution in [-0.2, 0) is 6.42 Å². The van der Waals surface area contributed by atoms with E-state index in [0.29, 0.717) is 12.0 Å². The molecule has 1 fully saturated rings. The van der Waals surface area contributed by atoms with Gasteiger partial charge < -0.3 is 4.90 Å². The predicted octanol–water partition coefficient (Wildman–Crippen LogP) is 5.37. The molecule has 2 aromatic rings. The van der Waals surface area contributed by atoms with Crippen LogP contribution in [0.25, 0.3) is 6.08 Å². The average Bonchev–Trinajstić information content (AvgIpc) is 2.89. The highest BCUT2D eigenvalue weighted by atomic mass is 32.2. The summed E-state index contributed by atoms with van der Waals surface area (Å²) in [5.74, 6) is 3.30. The van der Waals surface area contributed by atoms with E-state index in [9.17, 15) is 0 Å². The Morgan fingerprint density at radius 2 is 2.04 bits per heavy atom. The highest BCUT2D eigenvalue weighted by molar-refractivity contribution is 7.99. The van der Waals surface area contributed by atoms with Crippen LogP contribution in [0.3, 0.4) is 0 Å². The van der Waals surface area contributed by atoms with Crippen molar-refractivity contribution in [2.24, 2.45) is 0 Å². The average molecular weight is 336 g/mol. The van der Waals surface area contributed by atoms with Crippen molar-refractivity contribution >= 4 is 23.5 Å². The van der Waals surface area contributed by atoms with Crippen LogP contribution in [0, 0.1) is 0 Å². The number of allylic oxidation sites excluding steroid dienone is 1. The zero-order valence-electron chi connectivity index (χ0n) is 14.5. The molecule has 1 nitrogen and oxygen atoms in total. The van der Waals surface area contributed by atoms with Gasteiger partial charge in [0.05, 0.1) is 0 Å². The number of hydrogen-bond donors (Lipinski definition) is 0.